The number of Topliss-reactive ketones (excluding diaryl/α,β-unsaturated/α-hetero) is 1. The van der Waals surface area contributed by atoms with Gasteiger partial charge >= 0.3 is 0 Å². The van der Waals surface area contributed by atoms with Crippen molar-refractivity contribution in [2.45, 2.75) is 71.6 Å². The molecule has 0 saturated heterocycles. The van der Waals surface area contributed by atoms with Gasteiger partial charge in [-0.15, -0.1) is 11.3 Å². The van der Waals surface area contributed by atoms with Gasteiger partial charge in [-0.3, -0.25) is 4.79 Å². The highest BCUT2D eigenvalue weighted by Gasteiger charge is 2.09. The lowest BCUT2D eigenvalue weighted by Crippen LogP contribution is -1.97. The molecule has 0 atom stereocenters. The van der Waals surface area contributed by atoms with Crippen LogP contribution in [-0.2, 0) is 0 Å². The van der Waals surface area contributed by atoms with Crippen LogP contribution in [-0.4, -0.2) is 5.78 Å². The maximum atomic E-state index is 11.9. The first-order valence-electron chi connectivity index (χ1n) is 7.33. The van der Waals surface area contributed by atoms with Crippen molar-refractivity contribution in [3.63, 3.8) is 0 Å². The van der Waals surface area contributed by atoms with Crippen LogP contribution in [0.1, 0.15) is 79.9 Å². The average molecular weight is 266 g/mol. The van der Waals surface area contributed by atoms with E-state index in [2.05, 4.69) is 6.92 Å². The van der Waals surface area contributed by atoms with Crippen LogP contribution < -0.4 is 0 Å². The van der Waals surface area contributed by atoms with Gasteiger partial charge in [0.15, 0.2) is 5.78 Å². The van der Waals surface area contributed by atoms with Crippen LogP contribution in [0.15, 0.2) is 11.4 Å². The largest absolute Gasteiger partial charge is 0.293 e. The van der Waals surface area contributed by atoms with Crippen molar-refractivity contribution in [3.05, 3.63) is 21.9 Å². The van der Waals surface area contributed by atoms with E-state index in [0.29, 0.717) is 5.78 Å². The number of rotatable bonds is 10. The lowest BCUT2D eigenvalue weighted by molar-refractivity contribution is 0.0982. The summed E-state index contributed by atoms with van der Waals surface area (Å²) in [7, 11) is 0. The van der Waals surface area contributed by atoms with E-state index in [-0.39, 0.29) is 0 Å². The fourth-order valence-electron chi connectivity index (χ4n) is 2.19. The smallest absolute Gasteiger partial charge is 0.173 e. The number of thiophene rings is 1. The molecular formula is C16H26OS. The molecule has 0 unspecified atom stereocenters. The van der Waals surface area contributed by atoms with Gasteiger partial charge in [-0.05, 0) is 30.4 Å². The zero-order valence-electron chi connectivity index (χ0n) is 11.8. The Morgan fingerprint density at radius 2 is 1.67 bits per heavy atom. The molecule has 1 aromatic rings. The van der Waals surface area contributed by atoms with Crippen molar-refractivity contribution in [1.82, 2.24) is 0 Å². The van der Waals surface area contributed by atoms with Gasteiger partial charge in [0.2, 0.25) is 0 Å². The first kappa shape index (κ1) is 15.4. The van der Waals surface area contributed by atoms with Gasteiger partial charge < -0.3 is 0 Å². The zero-order chi connectivity index (χ0) is 13.2. The molecule has 0 N–H and O–H groups in total. The third-order valence-corrected chi connectivity index (χ3v) is 4.43. The summed E-state index contributed by atoms with van der Waals surface area (Å²) < 4.78 is 0. The van der Waals surface area contributed by atoms with Crippen molar-refractivity contribution in [2.75, 3.05) is 0 Å². The minimum Gasteiger partial charge on any atom is -0.293 e. The maximum absolute atomic E-state index is 11.9. The number of hydrogen-bond donors (Lipinski definition) is 0. The summed E-state index contributed by atoms with van der Waals surface area (Å²) in [4.78, 5) is 12.9. The number of unbranched alkanes of at least 4 members (excludes halogenated alkanes) is 7. The van der Waals surface area contributed by atoms with Crippen molar-refractivity contribution in [3.8, 4) is 0 Å². The molecule has 0 radical (unpaired) electrons. The number of carbonyl (C=O) groups is 1. The average Bonchev–Trinajstić information content (AvgIpc) is 2.79. The molecular weight excluding hydrogens is 240 g/mol. The molecule has 0 bridgehead atoms. The molecule has 2 heteroatoms. The second-order valence-corrected chi connectivity index (χ2v) is 6.00. The van der Waals surface area contributed by atoms with Crippen molar-refractivity contribution in [1.29, 1.82) is 0 Å². The van der Waals surface area contributed by atoms with Crippen LogP contribution in [0.4, 0.5) is 0 Å². The minimum absolute atomic E-state index is 0.341. The lowest BCUT2D eigenvalue weighted by atomic mass is 10.1. The highest BCUT2D eigenvalue weighted by molar-refractivity contribution is 7.12. The lowest BCUT2D eigenvalue weighted by Gasteiger charge is -2.01. The molecule has 1 heterocycles. The number of ketones is 1. The molecule has 0 spiro atoms. The first-order valence-corrected chi connectivity index (χ1v) is 8.21. The van der Waals surface area contributed by atoms with Crippen LogP contribution >= 0.6 is 11.3 Å². The fourth-order valence-corrected chi connectivity index (χ4v) is 3.09. The molecule has 0 amide bonds. The topological polar surface area (TPSA) is 17.1 Å². The summed E-state index contributed by atoms with van der Waals surface area (Å²) in [5, 5.41) is 2.01. The molecule has 1 nitrogen and oxygen atoms in total. The van der Waals surface area contributed by atoms with Gasteiger partial charge in [0, 0.05) is 6.42 Å². The maximum Gasteiger partial charge on any atom is 0.173 e. The summed E-state index contributed by atoms with van der Waals surface area (Å²) in [5.41, 5.74) is 1.14. The highest BCUT2D eigenvalue weighted by Crippen LogP contribution is 2.19. The van der Waals surface area contributed by atoms with Crippen LogP contribution in [0.25, 0.3) is 0 Å². The molecule has 0 aromatic carbocycles. The van der Waals surface area contributed by atoms with Crippen LogP contribution in [0, 0.1) is 6.92 Å². The van der Waals surface area contributed by atoms with E-state index in [1.165, 1.54) is 44.9 Å². The molecule has 0 fully saturated rings. The Morgan fingerprint density at radius 1 is 1.06 bits per heavy atom. The minimum atomic E-state index is 0.341. The van der Waals surface area contributed by atoms with Crippen molar-refractivity contribution in [2.24, 2.45) is 0 Å². The molecule has 18 heavy (non-hydrogen) atoms. The van der Waals surface area contributed by atoms with Crippen LogP contribution in [0.5, 0.6) is 0 Å². The molecule has 0 saturated carbocycles. The SMILES string of the molecule is CCCCCCCCCCC(=O)c1sccc1C. The summed E-state index contributed by atoms with van der Waals surface area (Å²) in [6.07, 6.45) is 11.1. The van der Waals surface area contributed by atoms with Crippen LogP contribution in [0.2, 0.25) is 0 Å². The quantitative estimate of drug-likeness (QED) is 0.388. The Kier molecular flexibility index (Phi) is 7.99. The van der Waals surface area contributed by atoms with E-state index in [4.69, 9.17) is 0 Å². The predicted molar refractivity (Wildman–Crippen MR) is 80.6 cm³/mol. The number of aryl methyl sites for hydroxylation is 1. The normalized spacial score (nSPS) is 10.8. The van der Waals surface area contributed by atoms with Gasteiger partial charge in [-0.25, -0.2) is 0 Å². The summed E-state index contributed by atoms with van der Waals surface area (Å²) >= 11 is 1.59. The van der Waals surface area contributed by atoms with E-state index in [1.54, 1.807) is 11.3 Å². The third kappa shape index (κ3) is 5.81. The Balaban J connectivity index is 2.01. The summed E-state index contributed by atoms with van der Waals surface area (Å²) in [6, 6.07) is 2.03. The Morgan fingerprint density at radius 3 is 2.22 bits per heavy atom. The Labute approximate surface area is 116 Å². The van der Waals surface area contributed by atoms with Crippen LogP contribution in [0.3, 0.4) is 0 Å². The molecule has 1 rings (SSSR count). The number of carbonyl (C=O) groups excluding carboxylic acids is 1. The summed E-state index contributed by atoms with van der Waals surface area (Å²) in [6.45, 7) is 4.27. The van der Waals surface area contributed by atoms with E-state index >= 15 is 0 Å². The highest BCUT2D eigenvalue weighted by atomic mass is 32.1. The molecule has 0 aliphatic heterocycles. The Bertz CT molecular complexity index is 341. The second-order valence-electron chi connectivity index (χ2n) is 5.08. The van der Waals surface area contributed by atoms with Gasteiger partial charge in [0.05, 0.1) is 4.88 Å². The van der Waals surface area contributed by atoms with Crippen molar-refractivity contribution >= 4 is 17.1 Å². The van der Waals surface area contributed by atoms with Gasteiger partial charge in [-0.2, -0.15) is 0 Å². The van der Waals surface area contributed by atoms with Crippen molar-refractivity contribution < 1.29 is 4.79 Å². The molecule has 102 valence electrons. The standard InChI is InChI=1S/C16H26OS/c1-3-4-5-6-7-8-9-10-11-15(17)16-14(2)12-13-18-16/h12-13H,3-11H2,1-2H3. The molecule has 1 aromatic heterocycles. The molecule has 0 aliphatic rings. The summed E-state index contributed by atoms with van der Waals surface area (Å²) in [5.74, 6) is 0.341. The van der Waals surface area contributed by atoms with E-state index < -0.39 is 0 Å². The van der Waals surface area contributed by atoms with Gasteiger partial charge in [0.25, 0.3) is 0 Å². The van der Waals surface area contributed by atoms with Gasteiger partial charge in [0.1, 0.15) is 0 Å². The third-order valence-electron chi connectivity index (χ3n) is 3.37. The van der Waals surface area contributed by atoms with Gasteiger partial charge in [-0.1, -0.05) is 51.9 Å². The molecule has 0 aliphatic carbocycles. The predicted octanol–water partition coefficient (Wildman–Crippen LogP) is 5.77. The van der Waals surface area contributed by atoms with E-state index in [1.807, 2.05) is 18.4 Å². The second kappa shape index (κ2) is 9.32. The first-order chi connectivity index (χ1) is 8.75. The zero-order valence-corrected chi connectivity index (χ0v) is 12.7. The van der Waals surface area contributed by atoms with E-state index in [9.17, 15) is 4.79 Å². The Hall–Kier alpha value is -0.630. The van der Waals surface area contributed by atoms with E-state index in [0.717, 1.165) is 23.3 Å². The fraction of sp³-hybridized carbons (Fsp3) is 0.688. The monoisotopic (exact) mass is 266 g/mol. The number of hydrogen-bond acceptors (Lipinski definition) is 2.